The second-order valence-electron chi connectivity index (χ2n) is 6.92. The minimum absolute atomic E-state index is 0.207. The van der Waals surface area contributed by atoms with E-state index in [1.807, 2.05) is 48.5 Å². The zero-order valence-corrected chi connectivity index (χ0v) is 16.1. The van der Waals surface area contributed by atoms with Gasteiger partial charge in [0, 0.05) is 23.8 Å². The van der Waals surface area contributed by atoms with Crippen molar-refractivity contribution in [3.8, 4) is 11.1 Å². The monoisotopic (exact) mass is 387 g/mol. The highest BCUT2D eigenvalue weighted by molar-refractivity contribution is 6.30. The van der Waals surface area contributed by atoms with Crippen LogP contribution in [0.15, 0.2) is 48.5 Å². The van der Waals surface area contributed by atoms with Crippen LogP contribution in [0.3, 0.4) is 0 Å². The Morgan fingerprint density at radius 2 is 1.96 bits per heavy atom. The molecular weight excluding hydrogens is 362 g/mol. The summed E-state index contributed by atoms with van der Waals surface area (Å²) in [6.45, 7) is 3.26. The van der Waals surface area contributed by atoms with Crippen molar-refractivity contribution in [3.05, 3.63) is 53.6 Å². The van der Waals surface area contributed by atoms with Gasteiger partial charge in [-0.1, -0.05) is 35.9 Å². The van der Waals surface area contributed by atoms with E-state index in [9.17, 15) is 9.90 Å². The molecule has 27 heavy (non-hydrogen) atoms. The average Bonchev–Trinajstić information content (AvgIpc) is 2.66. The molecule has 1 saturated heterocycles. The summed E-state index contributed by atoms with van der Waals surface area (Å²) in [5.41, 5.74) is 2.75. The second-order valence-corrected chi connectivity index (χ2v) is 7.36. The molecule has 0 bridgehead atoms. The molecular formula is C21H26ClN3O2. The van der Waals surface area contributed by atoms with Gasteiger partial charge in [0.2, 0.25) is 0 Å². The third kappa shape index (κ3) is 6.24. The largest absolute Gasteiger partial charge is 0.392 e. The van der Waals surface area contributed by atoms with Crippen LogP contribution in [-0.4, -0.2) is 48.3 Å². The summed E-state index contributed by atoms with van der Waals surface area (Å²) >= 11 is 6.06. The summed E-state index contributed by atoms with van der Waals surface area (Å²) in [7, 11) is 0. The van der Waals surface area contributed by atoms with Crippen LogP contribution in [0.5, 0.6) is 0 Å². The van der Waals surface area contributed by atoms with E-state index in [-0.39, 0.29) is 12.1 Å². The second kappa shape index (κ2) is 9.74. The molecule has 2 aromatic carbocycles. The van der Waals surface area contributed by atoms with E-state index in [4.69, 9.17) is 11.6 Å². The molecule has 1 heterocycles. The standard InChI is InChI=1S/C21H26ClN3O2/c22-18-7-1-5-16(13-18)17-6-2-8-19(14-17)24-21(27)23-10-4-12-25-11-3-9-20(26)15-25/h1-2,5-8,13-14,20,26H,3-4,9-12,15H2,(H2,23,24,27)/t20-/m1/s1. The third-order valence-corrected chi connectivity index (χ3v) is 4.93. The van der Waals surface area contributed by atoms with Crippen molar-refractivity contribution >= 4 is 23.3 Å². The molecule has 1 aliphatic heterocycles. The molecule has 1 fully saturated rings. The predicted octanol–water partition coefficient (Wildman–Crippen LogP) is 3.98. The molecule has 0 aromatic heterocycles. The van der Waals surface area contributed by atoms with Gasteiger partial charge in [-0.3, -0.25) is 0 Å². The number of nitrogens with one attached hydrogen (secondary N) is 2. The zero-order valence-electron chi connectivity index (χ0n) is 15.3. The van der Waals surface area contributed by atoms with Crippen LogP contribution in [0.2, 0.25) is 5.02 Å². The molecule has 0 unspecified atom stereocenters. The van der Waals surface area contributed by atoms with Gasteiger partial charge in [-0.15, -0.1) is 0 Å². The van der Waals surface area contributed by atoms with E-state index in [1.165, 1.54) is 0 Å². The van der Waals surface area contributed by atoms with Gasteiger partial charge in [-0.25, -0.2) is 4.79 Å². The summed E-state index contributed by atoms with van der Waals surface area (Å²) in [6.07, 6.45) is 2.59. The lowest BCUT2D eigenvalue weighted by molar-refractivity contribution is 0.0703. The molecule has 0 radical (unpaired) electrons. The summed E-state index contributed by atoms with van der Waals surface area (Å²) < 4.78 is 0. The molecule has 6 heteroatoms. The number of carbonyl (C=O) groups excluding carboxylic acids is 1. The molecule has 0 aliphatic carbocycles. The first-order valence-corrected chi connectivity index (χ1v) is 9.79. The minimum Gasteiger partial charge on any atom is -0.392 e. The van der Waals surface area contributed by atoms with E-state index in [0.717, 1.165) is 55.7 Å². The number of nitrogens with zero attached hydrogens (tertiary/aromatic N) is 1. The topological polar surface area (TPSA) is 64.6 Å². The van der Waals surface area contributed by atoms with Gasteiger partial charge in [-0.05, 0) is 67.7 Å². The highest BCUT2D eigenvalue weighted by Gasteiger charge is 2.16. The predicted molar refractivity (Wildman–Crippen MR) is 110 cm³/mol. The normalized spacial score (nSPS) is 17.5. The summed E-state index contributed by atoms with van der Waals surface area (Å²) in [4.78, 5) is 14.4. The van der Waals surface area contributed by atoms with Gasteiger partial charge in [0.25, 0.3) is 0 Å². The fourth-order valence-electron chi connectivity index (χ4n) is 3.36. The molecule has 2 aromatic rings. The molecule has 3 N–H and O–H groups in total. The number of benzene rings is 2. The van der Waals surface area contributed by atoms with E-state index in [2.05, 4.69) is 15.5 Å². The molecule has 1 atom stereocenters. The number of hydrogen-bond donors (Lipinski definition) is 3. The lowest BCUT2D eigenvalue weighted by atomic mass is 10.1. The summed E-state index contributed by atoms with van der Waals surface area (Å²) in [6, 6.07) is 15.1. The number of halogens is 1. The highest BCUT2D eigenvalue weighted by atomic mass is 35.5. The Kier molecular flexibility index (Phi) is 7.10. The Morgan fingerprint density at radius 3 is 2.74 bits per heavy atom. The summed E-state index contributed by atoms with van der Waals surface area (Å²) in [5, 5.41) is 16.1. The van der Waals surface area contributed by atoms with Crippen molar-refractivity contribution in [2.75, 3.05) is 31.5 Å². The number of urea groups is 1. The van der Waals surface area contributed by atoms with Crippen molar-refractivity contribution in [3.63, 3.8) is 0 Å². The van der Waals surface area contributed by atoms with Gasteiger partial charge in [-0.2, -0.15) is 0 Å². The van der Waals surface area contributed by atoms with Crippen LogP contribution >= 0.6 is 11.6 Å². The van der Waals surface area contributed by atoms with Crippen LogP contribution < -0.4 is 10.6 Å². The number of anilines is 1. The number of hydrogen-bond acceptors (Lipinski definition) is 3. The number of likely N-dealkylation sites (tertiary alicyclic amines) is 1. The number of rotatable bonds is 6. The fourth-order valence-corrected chi connectivity index (χ4v) is 3.55. The maximum atomic E-state index is 12.1. The van der Waals surface area contributed by atoms with E-state index in [0.29, 0.717) is 11.6 Å². The number of aliphatic hydroxyl groups excluding tert-OH is 1. The maximum Gasteiger partial charge on any atom is 0.319 e. The Labute approximate surface area is 165 Å². The number of piperidine rings is 1. The molecule has 0 saturated carbocycles. The average molecular weight is 388 g/mol. The van der Waals surface area contributed by atoms with Crippen LogP contribution in [0, 0.1) is 0 Å². The number of β-amino-alcohol motifs (C(OH)–C–C–N with tert-alkyl or cyclic N) is 1. The van der Waals surface area contributed by atoms with Crippen molar-refractivity contribution in [2.24, 2.45) is 0 Å². The molecule has 144 valence electrons. The van der Waals surface area contributed by atoms with Crippen molar-refractivity contribution in [1.29, 1.82) is 0 Å². The van der Waals surface area contributed by atoms with Crippen LogP contribution in [0.4, 0.5) is 10.5 Å². The van der Waals surface area contributed by atoms with Crippen molar-refractivity contribution in [2.45, 2.75) is 25.4 Å². The molecule has 1 aliphatic rings. The van der Waals surface area contributed by atoms with Crippen LogP contribution in [0.1, 0.15) is 19.3 Å². The molecule has 5 nitrogen and oxygen atoms in total. The number of carbonyl (C=O) groups is 1. The minimum atomic E-state index is -0.211. The molecule has 2 amide bonds. The first kappa shape index (κ1) is 19.7. The van der Waals surface area contributed by atoms with Gasteiger partial charge < -0.3 is 20.6 Å². The van der Waals surface area contributed by atoms with Gasteiger partial charge >= 0.3 is 6.03 Å². The van der Waals surface area contributed by atoms with Crippen molar-refractivity contribution < 1.29 is 9.90 Å². The Bertz CT molecular complexity index is 769. The first-order valence-electron chi connectivity index (χ1n) is 9.41. The van der Waals surface area contributed by atoms with E-state index >= 15 is 0 Å². The van der Waals surface area contributed by atoms with E-state index in [1.54, 1.807) is 0 Å². The smallest absolute Gasteiger partial charge is 0.319 e. The molecule has 0 spiro atoms. The maximum absolute atomic E-state index is 12.1. The fraction of sp³-hybridized carbons (Fsp3) is 0.381. The SMILES string of the molecule is O=C(NCCCN1CCC[C@@H](O)C1)Nc1cccc(-c2cccc(Cl)c2)c1. The quantitative estimate of drug-likeness (QED) is 0.657. The lowest BCUT2D eigenvalue weighted by Crippen LogP contribution is -2.40. The Morgan fingerprint density at radius 1 is 1.19 bits per heavy atom. The first-order chi connectivity index (χ1) is 13.1. The van der Waals surface area contributed by atoms with Gasteiger partial charge in [0.05, 0.1) is 6.10 Å². The molecule has 3 rings (SSSR count). The van der Waals surface area contributed by atoms with Gasteiger partial charge in [0.15, 0.2) is 0 Å². The number of aliphatic hydroxyl groups is 1. The van der Waals surface area contributed by atoms with E-state index < -0.39 is 0 Å². The Balaban J connectivity index is 1.45. The zero-order chi connectivity index (χ0) is 19.1. The van der Waals surface area contributed by atoms with Crippen LogP contribution in [-0.2, 0) is 0 Å². The highest BCUT2D eigenvalue weighted by Crippen LogP contribution is 2.25. The van der Waals surface area contributed by atoms with Crippen molar-refractivity contribution in [1.82, 2.24) is 10.2 Å². The van der Waals surface area contributed by atoms with Gasteiger partial charge in [0.1, 0.15) is 0 Å². The lowest BCUT2D eigenvalue weighted by Gasteiger charge is -2.29. The Hall–Kier alpha value is -2.08. The third-order valence-electron chi connectivity index (χ3n) is 4.70. The number of amides is 2. The van der Waals surface area contributed by atoms with Crippen LogP contribution in [0.25, 0.3) is 11.1 Å². The summed E-state index contributed by atoms with van der Waals surface area (Å²) in [5.74, 6) is 0.